The van der Waals surface area contributed by atoms with Crippen LogP contribution in [0.4, 0.5) is 0 Å². The van der Waals surface area contributed by atoms with E-state index in [1.54, 1.807) is 17.5 Å². The minimum absolute atomic E-state index is 0.160. The van der Waals surface area contributed by atoms with E-state index in [1.807, 2.05) is 36.4 Å². The molecule has 3 rings (SSSR count). The maximum absolute atomic E-state index is 6.19. The second kappa shape index (κ2) is 5.25. The number of aromatic nitrogens is 2. The van der Waals surface area contributed by atoms with E-state index in [1.165, 1.54) is 0 Å². The molecule has 0 radical (unpaired) electrons. The molecule has 0 aliphatic heterocycles. The highest BCUT2D eigenvalue weighted by Gasteiger charge is 2.11. The third kappa shape index (κ3) is 2.76. The summed E-state index contributed by atoms with van der Waals surface area (Å²) in [5.74, 6) is 0. The van der Waals surface area contributed by atoms with Crippen molar-refractivity contribution in [1.29, 1.82) is 0 Å². The van der Waals surface area contributed by atoms with E-state index in [9.17, 15) is 0 Å². The summed E-state index contributed by atoms with van der Waals surface area (Å²) < 4.78 is 0.784. The van der Waals surface area contributed by atoms with Crippen molar-refractivity contribution < 1.29 is 0 Å². The van der Waals surface area contributed by atoms with Gasteiger partial charge in [0.05, 0.1) is 33.3 Å². The first-order valence-electron chi connectivity index (χ1n) is 5.94. The van der Waals surface area contributed by atoms with Crippen molar-refractivity contribution in [2.45, 2.75) is 12.5 Å². The van der Waals surface area contributed by atoms with Gasteiger partial charge in [-0.3, -0.25) is 4.98 Å². The second-order valence-electron chi connectivity index (χ2n) is 4.30. The van der Waals surface area contributed by atoms with Crippen LogP contribution in [0.1, 0.15) is 16.6 Å². The summed E-state index contributed by atoms with van der Waals surface area (Å²) >= 11 is 7.47. The Morgan fingerprint density at radius 1 is 1.16 bits per heavy atom. The van der Waals surface area contributed by atoms with Crippen LogP contribution in [0.3, 0.4) is 0 Å². The summed E-state index contributed by atoms with van der Waals surface area (Å²) in [7, 11) is 0. The molecule has 0 fully saturated rings. The van der Waals surface area contributed by atoms with Gasteiger partial charge >= 0.3 is 0 Å². The van der Waals surface area contributed by atoms with Gasteiger partial charge in [0, 0.05) is 11.3 Å². The molecule has 0 saturated heterocycles. The number of fused-ring (bicyclic) bond motifs is 1. The molecule has 0 aliphatic rings. The van der Waals surface area contributed by atoms with Crippen molar-refractivity contribution in [3.05, 3.63) is 57.5 Å². The second-order valence-corrected chi connectivity index (χ2v) is 6.10. The molecular formula is C14H12ClN3S. The van der Waals surface area contributed by atoms with Crippen molar-refractivity contribution in [2.75, 3.05) is 0 Å². The highest BCUT2D eigenvalue weighted by atomic mass is 35.5. The zero-order chi connectivity index (χ0) is 13.2. The third-order valence-electron chi connectivity index (χ3n) is 2.90. The quantitative estimate of drug-likeness (QED) is 0.802. The van der Waals surface area contributed by atoms with E-state index in [4.69, 9.17) is 17.3 Å². The minimum atomic E-state index is -0.160. The lowest BCUT2D eigenvalue weighted by Gasteiger charge is -2.10. The summed E-state index contributed by atoms with van der Waals surface area (Å²) in [5, 5.41) is 0. The lowest BCUT2D eigenvalue weighted by atomic mass is 10.1. The zero-order valence-electron chi connectivity index (χ0n) is 10.1. The summed E-state index contributed by atoms with van der Waals surface area (Å²) in [6.45, 7) is 0. The van der Waals surface area contributed by atoms with Crippen LogP contribution in [0.2, 0.25) is 4.34 Å². The number of nitrogens with zero attached hydrogens (tertiary/aromatic N) is 2. The lowest BCUT2D eigenvalue weighted by molar-refractivity contribution is 0.703. The zero-order valence-corrected chi connectivity index (χ0v) is 11.7. The molecule has 1 atom stereocenters. The van der Waals surface area contributed by atoms with Gasteiger partial charge in [0.1, 0.15) is 0 Å². The van der Waals surface area contributed by atoms with Crippen LogP contribution in [-0.2, 0) is 6.42 Å². The minimum Gasteiger partial charge on any atom is -0.322 e. The Hall–Kier alpha value is -1.49. The number of para-hydroxylation sites is 2. The topological polar surface area (TPSA) is 51.8 Å². The molecule has 2 heterocycles. The number of thiophene rings is 1. The fourth-order valence-electron chi connectivity index (χ4n) is 1.93. The van der Waals surface area contributed by atoms with Gasteiger partial charge in [-0.15, -0.1) is 11.3 Å². The molecular weight excluding hydrogens is 278 g/mol. The molecule has 1 aromatic carbocycles. The van der Waals surface area contributed by atoms with E-state index in [2.05, 4.69) is 9.97 Å². The van der Waals surface area contributed by atoms with Crippen molar-refractivity contribution in [2.24, 2.45) is 5.73 Å². The van der Waals surface area contributed by atoms with Gasteiger partial charge in [-0.05, 0) is 24.3 Å². The van der Waals surface area contributed by atoms with Crippen molar-refractivity contribution in [3.8, 4) is 0 Å². The lowest BCUT2D eigenvalue weighted by Crippen LogP contribution is -2.14. The van der Waals surface area contributed by atoms with Gasteiger partial charge in [-0.25, -0.2) is 4.98 Å². The predicted molar refractivity (Wildman–Crippen MR) is 79.5 cm³/mol. The fourth-order valence-corrected chi connectivity index (χ4v) is 3.08. The predicted octanol–water partition coefficient (Wildman–Crippen LogP) is 3.59. The highest BCUT2D eigenvalue weighted by molar-refractivity contribution is 7.16. The molecule has 96 valence electrons. The summed E-state index contributed by atoms with van der Waals surface area (Å²) in [4.78, 5) is 10.1. The van der Waals surface area contributed by atoms with Gasteiger partial charge in [-0.1, -0.05) is 23.7 Å². The Kier molecular flexibility index (Phi) is 3.46. The Morgan fingerprint density at radius 2 is 1.95 bits per heavy atom. The van der Waals surface area contributed by atoms with Crippen LogP contribution in [0, 0.1) is 0 Å². The molecule has 0 spiro atoms. The van der Waals surface area contributed by atoms with Gasteiger partial charge < -0.3 is 5.73 Å². The van der Waals surface area contributed by atoms with Gasteiger partial charge in [0.15, 0.2) is 0 Å². The van der Waals surface area contributed by atoms with Crippen LogP contribution in [0.5, 0.6) is 0 Å². The number of rotatable bonds is 3. The van der Waals surface area contributed by atoms with Crippen molar-refractivity contribution >= 4 is 34.0 Å². The Bertz CT molecular complexity index is 710. The first kappa shape index (κ1) is 12.5. The summed E-state index contributed by atoms with van der Waals surface area (Å²) in [6, 6.07) is 11.5. The van der Waals surface area contributed by atoms with E-state index in [0.29, 0.717) is 0 Å². The fraction of sp³-hybridized carbons (Fsp3) is 0.143. The largest absolute Gasteiger partial charge is 0.322 e. The molecule has 0 bridgehead atoms. The molecule has 2 aromatic heterocycles. The molecule has 19 heavy (non-hydrogen) atoms. The molecule has 0 amide bonds. The monoisotopic (exact) mass is 289 g/mol. The Morgan fingerprint density at radius 3 is 2.68 bits per heavy atom. The number of nitrogens with two attached hydrogens (primary N) is 1. The van der Waals surface area contributed by atoms with Gasteiger partial charge in [-0.2, -0.15) is 0 Å². The first-order chi connectivity index (χ1) is 9.22. The number of benzene rings is 1. The summed E-state index contributed by atoms with van der Waals surface area (Å²) in [5.41, 5.74) is 8.76. The molecule has 3 aromatic rings. The molecule has 3 nitrogen and oxygen atoms in total. The number of hydrogen-bond acceptors (Lipinski definition) is 4. The van der Waals surface area contributed by atoms with E-state index >= 15 is 0 Å². The van der Waals surface area contributed by atoms with Gasteiger partial charge in [0.25, 0.3) is 0 Å². The average molecular weight is 290 g/mol. The highest BCUT2D eigenvalue weighted by Crippen LogP contribution is 2.25. The van der Waals surface area contributed by atoms with Crippen LogP contribution in [-0.4, -0.2) is 9.97 Å². The van der Waals surface area contributed by atoms with Crippen LogP contribution in [0.25, 0.3) is 11.0 Å². The standard InChI is InChI=1S/C14H12ClN3S/c15-14-6-5-9(19-14)7-10(16)13-8-17-11-3-1-2-4-12(11)18-13/h1-6,8,10H,7,16H2. The van der Waals surface area contributed by atoms with Crippen molar-refractivity contribution in [3.63, 3.8) is 0 Å². The van der Waals surface area contributed by atoms with Crippen LogP contribution >= 0.6 is 22.9 Å². The third-order valence-corrected chi connectivity index (χ3v) is 4.15. The number of hydrogen-bond donors (Lipinski definition) is 1. The molecule has 1 unspecified atom stereocenters. The molecule has 0 saturated carbocycles. The van der Waals surface area contributed by atoms with Crippen LogP contribution < -0.4 is 5.73 Å². The smallest absolute Gasteiger partial charge is 0.0931 e. The van der Waals surface area contributed by atoms with Crippen molar-refractivity contribution in [1.82, 2.24) is 9.97 Å². The molecule has 2 N–H and O–H groups in total. The SMILES string of the molecule is NC(Cc1ccc(Cl)s1)c1cnc2ccccc2n1. The first-order valence-corrected chi connectivity index (χ1v) is 7.13. The number of halogens is 1. The molecule has 5 heteroatoms. The van der Waals surface area contributed by atoms with E-state index in [-0.39, 0.29) is 6.04 Å². The maximum Gasteiger partial charge on any atom is 0.0931 e. The maximum atomic E-state index is 6.19. The Labute approximate surface area is 120 Å². The average Bonchev–Trinajstić information content (AvgIpc) is 2.83. The van der Waals surface area contributed by atoms with E-state index < -0.39 is 0 Å². The van der Waals surface area contributed by atoms with E-state index in [0.717, 1.165) is 32.4 Å². The summed E-state index contributed by atoms with van der Waals surface area (Å²) in [6.07, 6.45) is 2.48. The Balaban J connectivity index is 1.86. The molecule has 0 aliphatic carbocycles. The normalized spacial score (nSPS) is 12.7. The van der Waals surface area contributed by atoms with Gasteiger partial charge in [0.2, 0.25) is 0 Å². The van der Waals surface area contributed by atoms with Crippen LogP contribution in [0.15, 0.2) is 42.6 Å².